The Morgan fingerprint density at radius 2 is 1.91 bits per heavy atom. The van der Waals surface area contributed by atoms with Gasteiger partial charge in [-0.05, 0) is 61.0 Å². The summed E-state index contributed by atoms with van der Waals surface area (Å²) in [5.74, 6) is 0.457. The molecule has 182 valence electrons. The van der Waals surface area contributed by atoms with Gasteiger partial charge >= 0.3 is 0 Å². The van der Waals surface area contributed by atoms with Gasteiger partial charge in [-0.1, -0.05) is 38.1 Å². The maximum absolute atomic E-state index is 13.0. The molecule has 0 atom stereocenters. The fourth-order valence-electron chi connectivity index (χ4n) is 4.42. The number of nitrogens with zero attached hydrogens (tertiary/aromatic N) is 1. The van der Waals surface area contributed by atoms with E-state index in [-0.39, 0.29) is 11.8 Å². The molecule has 0 bridgehead atoms. The van der Waals surface area contributed by atoms with Crippen LogP contribution in [0.3, 0.4) is 0 Å². The number of benzene rings is 2. The molecule has 1 aromatic heterocycles. The first kappa shape index (κ1) is 24.3. The molecule has 35 heavy (non-hydrogen) atoms. The van der Waals surface area contributed by atoms with Crippen LogP contribution in [-0.2, 0) is 4.79 Å². The van der Waals surface area contributed by atoms with Gasteiger partial charge < -0.3 is 25.3 Å². The van der Waals surface area contributed by atoms with Gasteiger partial charge in [0.25, 0.3) is 11.8 Å². The Hall–Kier alpha value is -3.84. The molecular formula is C28H32N4O3. The highest BCUT2D eigenvalue weighted by Gasteiger charge is 2.28. The summed E-state index contributed by atoms with van der Waals surface area (Å²) in [5, 5.41) is 5.97. The number of hydrogen-bond acceptors (Lipinski definition) is 4. The lowest BCUT2D eigenvalue weighted by atomic mass is 9.94. The topological polar surface area (TPSA) is 86.5 Å². The number of H-pyrrole nitrogens is 1. The number of anilines is 1. The number of aromatic nitrogens is 1. The summed E-state index contributed by atoms with van der Waals surface area (Å²) in [6.45, 7) is 9.41. The van der Waals surface area contributed by atoms with Crippen LogP contribution < -0.4 is 15.4 Å². The number of amides is 2. The van der Waals surface area contributed by atoms with E-state index in [1.165, 1.54) is 0 Å². The minimum absolute atomic E-state index is 0.121. The highest BCUT2D eigenvalue weighted by atomic mass is 16.5. The molecule has 2 heterocycles. The molecule has 2 amide bonds. The van der Waals surface area contributed by atoms with Gasteiger partial charge in [0.1, 0.15) is 5.75 Å². The van der Waals surface area contributed by atoms with E-state index in [4.69, 9.17) is 4.74 Å². The molecule has 7 heteroatoms. The number of carbonyl (C=O) groups excluding carboxylic acids is 2. The summed E-state index contributed by atoms with van der Waals surface area (Å²) in [6.07, 6.45) is 3.53. The fourth-order valence-corrected chi connectivity index (χ4v) is 4.42. The molecule has 1 aliphatic heterocycles. The molecule has 2 aromatic carbocycles. The molecule has 0 spiro atoms. The Morgan fingerprint density at radius 1 is 1.14 bits per heavy atom. The Labute approximate surface area is 206 Å². The number of fused-ring (bicyclic) bond motifs is 1. The summed E-state index contributed by atoms with van der Waals surface area (Å²) in [5.41, 5.74) is 6.16. The summed E-state index contributed by atoms with van der Waals surface area (Å²) in [7, 11) is 1.64. The third-order valence-corrected chi connectivity index (χ3v) is 6.53. The summed E-state index contributed by atoms with van der Waals surface area (Å²) in [4.78, 5) is 31.2. The van der Waals surface area contributed by atoms with Crippen molar-refractivity contribution >= 4 is 29.2 Å². The average Bonchev–Trinajstić information content (AvgIpc) is 3.40. The SMILES string of the molecule is CCN(CC)CCNC(=O)c1c[nH]c(/C=C2\C(=O)Nc3cccc(-c4cccc(OC)c4)c32)c1C. The van der Waals surface area contributed by atoms with Crippen molar-refractivity contribution in [1.29, 1.82) is 0 Å². The van der Waals surface area contributed by atoms with Gasteiger partial charge in [-0.15, -0.1) is 0 Å². The fraction of sp³-hybridized carbons (Fsp3) is 0.286. The van der Waals surface area contributed by atoms with E-state index < -0.39 is 0 Å². The minimum Gasteiger partial charge on any atom is -0.497 e. The predicted molar refractivity (Wildman–Crippen MR) is 141 cm³/mol. The Kier molecular flexibility index (Phi) is 7.36. The van der Waals surface area contributed by atoms with Crippen LogP contribution >= 0.6 is 0 Å². The van der Waals surface area contributed by atoms with Crippen LogP contribution in [0.5, 0.6) is 5.75 Å². The molecule has 0 fully saturated rings. The number of hydrogen-bond donors (Lipinski definition) is 3. The third-order valence-electron chi connectivity index (χ3n) is 6.53. The van der Waals surface area contributed by atoms with Crippen LogP contribution in [0.15, 0.2) is 48.7 Å². The normalized spacial score (nSPS) is 13.7. The maximum atomic E-state index is 13.0. The second-order valence-electron chi connectivity index (χ2n) is 8.50. The summed E-state index contributed by atoms with van der Waals surface area (Å²) < 4.78 is 5.39. The van der Waals surface area contributed by atoms with Crippen LogP contribution in [0.1, 0.15) is 41.0 Å². The number of rotatable bonds is 9. The van der Waals surface area contributed by atoms with Gasteiger partial charge in [0, 0.05) is 36.2 Å². The highest BCUT2D eigenvalue weighted by Crippen LogP contribution is 2.41. The van der Waals surface area contributed by atoms with Gasteiger partial charge in [0.2, 0.25) is 0 Å². The number of carbonyl (C=O) groups is 2. The van der Waals surface area contributed by atoms with E-state index in [2.05, 4.69) is 34.4 Å². The van der Waals surface area contributed by atoms with Crippen molar-refractivity contribution in [3.05, 3.63) is 71.0 Å². The Morgan fingerprint density at radius 3 is 2.66 bits per heavy atom. The van der Waals surface area contributed by atoms with Gasteiger partial charge in [-0.25, -0.2) is 0 Å². The zero-order chi connectivity index (χ0) is 24.9. The van der Waals surface area contributed by atoms with Crippen molar-refractivity contribution in [2.75, 3.05) is 38.6 Å². The van der Waals surface area contributed by atoms with Crippen molar-refractivity contribution in [1.82, 2.24) is 15.2 Å². The van der Waals surface area contributed by atoms with E-state index in [0.29, 0.717) is 17.7 Å². The van der Waals surface area contributed by atoms with E-state index in [0.717, 1.165) is 59.0 Å². The first-order valence-corrected chi connectivity index (χ1v) is 12.0. The highest BCUT2D eigenvalue weighted by molar-refractivity contribution is 6.36. The molecule has 0 unspecified atom stereocenters. The smallest absolute Gasteiger partial charge is 0.256 e. The molecule has 0 radical (unpaired) electrons. The molecule has 7 nitrogen and oxygen atoms in total. The molecular weight excluding hydrogens is 440 g/mol. The van der Waals surface area contributed by atoms with Crippen LogP contribution in [0, 0.1) is 6.92 Å². The molecule has 0 saturated heterocycles. The van der Waals surface area contributed by atoms with Gasteiger partial charge in [-0.3, -0.25) is 9.59 Å². The van der Waals surface area contributed by atoms with Crippen LogP contribution in [0.4, 0.5) is 5.69 Å². The predicted octanol–water partition coefficient (Wildman–Crippen LogP) is 4.56. The van der Waals surface area contributed by atoms with Crippen molar-refractivity contribution in [3.8, 4) is 16.9 Å². The minimum atomic E-state index is -0.172. The average molecular weight is 473 g/mol. The zero-order valence-electron chi connectivity index (χ0n) is 20.7. The largest absolute Gasteiger partial charge is 0.497 e. The number of methoxy groups -OCH3 is 1. The summed E-state index contributed by atoms with van der Waals surface area (Å²) in [6, 6.07) is 13.6. The second-order valence-corrected chi connectivity index (χ2v) is 8.50. The number of ether oxygens (including phenoxy) is 1. The van der Waals surface area contributed by atoms with E-state index in [1.807, 2.05) is 55.5 Å². The monoisotopic (exact) mass is 472 g/mol. The molecule has 0 aliphatic carbocycles. The van der Waals surface area contributed by atoms with Crippen LogP contribution in [0.2, 0.25) is 0 Å². The molecule has 0 saturated carbocycles. The number of nitrogens with one attached hydrogen (secondary N) is 3. The second kappa shape index (κ2) is 10.6. The standard InChI is InChI=1S/C28H32N4O3/c1-5-32(6-2)14-13-29-27(33)23-17-30-25(18(23)3)16-22-26-21(11-8-12-24(26)31-28(22)34)19-9-7-10-20(15-19)35-4/h7-12,15-17,30H,5-6,13-14H2,1-4H3,(H,29,33)(H,31,34)/b22-16-. The number of likely N-dealkylation sites (N-methyl/N-ethyl adjacent to an activating group) is 1. The molecule has 3 aromatic rings. The quantitative estimate of drug-likeness (QED) is 0.399. The Bertz CT molecular complexity index is 1270. The van der Waals surface area contributed by atoms with E-state index >= 15 is 0 Å². The van der Waals surface area contributed by atoms with Crippen LogP contribution in [-0.4, -0.2) is 55.0 Å². The molecule has 3 N–H and O–H groups in total. The van der Waals surface area contributed by atoms with Crippen molar-refractivity contribution in [2.45, 2.75) is 20.8 Å². The van der Waals surface area contributed by atoms with Crippen molar-refractivity contribution in [3.63, 3.8) is 0 Å². The first-order valence-electron chi connectivity index (χ1n) is 12.0. The lowest BCUT2D eigenvalue weighted by Gasteiger charge is -2.17. The van der Waals surface area contributed by atoms with Gasteiger partial charge in [-0.2, -0.15) is 0 Å². The lowest BCUT2D eigenvalue weighted by Crippen LogP contribution is -2.34. The van der Waals surface area contributed by atoms with Gasteiger partial charge in [0.15, 0.2) is 0 Å². The first-order chi connectivity index (χ1) is 17.0. The molecule has 1 aliphatic rings. The lowest BCUT2D eigenvalue weighted by molar-refractivity contribution is -0.110. The Balaban J connectivity index is 1.63. The van der Waals surface area contributed by atoms with Crippen molar-refractivity contribution in [2.24, 2.45) is 0 Å². The van der Waals surface area contributed by atoms with Crippen molar-refractivity contribution < 1.29 is 14.3 Å². The maximum Gasteiger partial charge on any atom is 0.256 e. The third kappa shape index (κ3) is 5.00. The summed E-state index contributed by atoms with van der Waals surface area (Å²) >= 11 is 0. The molecule has 4 rings (SSSR count). The van der Waals surface area contributed by atoms with E-state index in [9.17, 15) is 9.59 Å². The van der Waals surface area contributed by atoms with E-state index in [1.54, 1.807) is 13.3 Å². The van der Waals surface area contributed by atoms with Gasteiger partial charge in [0.05, 0.1) is 18.2 Å². The van der Waals surface area contributed by atoms with Crippen LogP contribution in [0.25, 0.3) is 22.8 Å². The number of aromatic amines is 1. The zero-order valence-corrected chi connectivity index (χ0v) is 20.7.